The number of aromatic nitrogens is 3. The monoisotopic (exact) mass is 278 g/mol. The average Bonchev–Trinajstić information content (AvgIpc) is 2.94. The molecule has 2 aromatic rings. The van der Waals surface area contributed by atoms with E-state index in [0.29, 0.717) is 0 Å². The summed E-state index contributed by atoms with van der Waals surface area (Å²) in [5.41, 5.74) is 0.934. The maximum Gasteiger partial charge on any atom is 0.151 e. The van der Waals surface area contributed by atoms with Crippen molar-refractivity contribution >= 4 is 11.3 Å². The van der Waals surface area contributed by atoms with Gasteiger partial charge in [0, 0.05) is 6.20 Å². The molecule has 0 amide bonds. The SMILES string of the molecule is CCCNC(C)c1nnc(-c2ccncc2OC)s1. The summed E-state index contributed by atoms with van der Waals surface area (Å²) >= 11 is 1.58. The molecule has 0 saturated carbocycles. The molecule has 0 aliphatic rings. The summed E-state index contributed by atoms with van der Waals surface area (Å²) < 4.78 is 5.30. The van der Waals surface area contributed by atoms with Crippen molar-refractivity contribution in [2.45, 2.75) is 26.3 Å². The van der Waals surface area contributed by atoms with Crippen LogP contribution in [0.1, 0.15) is 31.3 Å². The fraction of sp³-hybridized carbons (Fsp3) is 0.462. The van der Waals surface area contributed by atoms with E-state index in [9.17, 15) is 0 Å². The Labute approximate surface area is 117 Å². The average molecular weight is 278 g/mol. The summed E-state index contributed by atoms with van der Waals surface area (Å²) in [6.07, 6.45) is 4.53. The minimum atomic E-state index is 0.221. The summed E-state index contributed by atoms with van der Waals surface area (Å²) in [7, 11) is 1.63. The van der Waals surface area contributed by atoms with Crippen molar-refractivity contribution in [2.24, 2.45) is 0 Å². The van der Waals surface area contributed by atoms with Gasteiger partial charge in [-0.05, 0) is 26.0 Å². The van der Waals surface area contributed by atoms with E-state index in [1.807, 2.05) is 6.07 Å². The van der Waals surface area contributed by atoms with Crippen LogP contribution in [0.2, 0.25) is 0 Å². The Hall–Kier alpha value is -1.53. The molecule has 1 atom stereocenters. The number of rotatable bonds is 6. The van der Waals surface area contributed by atoms with Gasteiger partial charge in [0.2, 0.25) is 0 Å². The number of nitrogens with one attached hydrogen (secondary N) is 1. The van der Waals surface area contributed by atoms with Crippen LogP contribution in [-0.2, 0) is 0 Å². The minimum absolute atomic E-state index is 0.221. The third kappa shape index (κ3) is 3.27. The van der Waals surface area contributed by atoms with E-state index >= 15 is 0 Å². The predicted octanol–water partition coefficient (Wildman–Crippen LogP) is 2.67. The summed E-state index contributed by atoms with van der Waals surface area (Å²) in [6, 6.07) is 2.12. The second-order valence-corrected chi connectivity index (χ2v) is 5.21. The fourth-order valence-corrected chi connectivity index (χ4v) is 2.59. The Balaban J connectivity index is 2.20. The molecule has 1 N–H and O–H groups in total. The van der Waals surface area contributed by atoms with E-state index in [-0.39, 0.29) is 6.04 Å². The number of hydrogen-bond acceptors (Lipinski definition) is 6. The predicted molar refractivity (Wildman–Crippen MR) is 76.4 cm³/mol. The number of nitrogens with zero attached hydrogens (tertiary/aromatic N) is 3. The van der Waals surface area contributed by atoms with Crippen molar-refractivity contribution in [3.05, 3.63) is 23.5 Å². The lowest BCUT2D eigenvalue weighted by atomic mass is 10.2. The van der Waals surface area contributed by atoms with Gasteiger partial charge in [-0.3, -0.25) is 4.98 Å². The first-order valence-electron chi connectivity index (χ1n) is 6.31. The minimum Gasteiger partial charge on any atom is -0.494 e. The van der Waals surface area contributed by atoms with Crippen LogP contribution in [0.5, 0.6) is 5.75 Å². The van der Waals surface area contributed by atoms with Gasteiger partial charge in [0.05, 0.1) is 24.9 Å². The molecule has 19 heavy (non-hydrogen) atoms. The standard InChI is InChI=1S/C13H18N4OS/c1-4-6-15-9(2)12-16-17-13(19-12)10-5-7-14-8-11(10)18-3/h5,7-9,15H,4,6H2,1-3H3. The lowest BCUT2D eigenvalue weighted by molar-refractivity contribution is 0.414. The lowest BCUT2D eigenvalue weighted by Crippen LogP contribution is -2.18. The number of methoxy groups -OCH3 is 1. The molecule has 0 aliphatic heterocycles. The van der Waals surface area contributed by atoms with E-state index in [2.05, 4.69) is 34.3 Å². The molecule has 6 heteroatoms. The van der Waals surface area contributed by atoms with E-state index < -0.39 is 0 Å². The molecular formula is C13H18N4OS. The quantitative estimate of drug-likeness (QED) is 0.880. The Morgan fingerprint density at radius 3 is 3.00 bits per heavy atom. The summed E-state index contributed by atoms with van der Waals surface area (Å²) in [4.78, 5) is 4.04. The van der Waals surface area contributed by atoms with Gasteiger partial charge in [0.15, 0.2) is 5.01 Å². The first-order valence-corrected chi connectivity index (χ1v) is 7.13. The highest BCUT2D eigenvalue weighted by Gasteiger charge is 2.14. The van der Waals surface area contributed by atoms with Crippen molar-refractivity contribution in [1.29, 1.82) is 0 Å². The van der Waals surface area contributed by atoms with Crippen LogP contribution < -0.4 is 10.1 Å². The molecule has 102 valence electrons. The molecule has 2 aromatic heterocycles. The van der Waals surface area contributed by atoms with Crippen LogP contribution >= 0.6 is 11.3 Å². The van der Waals surface area contributed by atoms with Crippen LogP contribution in [0.15, 0.2) is 18.5 Å². The van der Waals surface area contributed by atoms with Crippen LogP contribution in [0.4, 0.5) is 0 Å². The van der Waals surface area contributed by atoms with Gasteiger partial charge in [-0.25, -0.2) is 0 Å². The maximum absolute atomic E-state index is 5.30. The largest absolute Gasteiger partial charge is 0.494 e. The van der Waals surface area contributed by atoms with Crippen LogP contribution in [-0.4, -0.2) is 28.8 Å². The zero-order valence-electron chi connectivity index (χ0n) is 11.4. The second kappa shape index (κ2) is 6.58. The third-order valence-electron chi connectivity index (χ3n) is 2.75. The van der Waals surface area contributed by atoms with Crippen LogP contribution in [0, 0.1) is 0 Å². The Morgan fingerprint density at radius 1 is 1.42 bits per heavy atom. The highest BCUT2D eigenvalue weighted by Crippen LogP contribution is 2.32. The van der Waals surface area contributed by atoms with Gasteiger partial charge >= 0.3 is 0 Å². The van der Waals surface area contributed by atoms with Crippen molar-refractivity contribution in [1.82, 2.24) is 20.5 Å². The van der Waals surface area contributed by atoms with Gasteiger partial charge in [0.25, 0.3) is 0 Å². The molecule has 0 fully saturated rings. The first-order chi connectivity index (χ1) is 9.26. The molecule has 0 aromatic carbocycles. The molecule has 2 heterocycles. The molecule has 0 bridgehead atoms. The summed E-state index contributed by atoms with van der Waals surface area (Å²) in [6.45, 7) is 5.23. The van der Waals surface area contributed by atoms with E-state index in [1.165, 1.54) is 0 Å². The van der Waals surface area contributed by atoms with E-state index in [0.717, 1.165) is 34.3 Å². The first kappa shape index (κ1) is 13.9. The smallest absolute Gasteiger partial charge is 0.151 e. The van der Waals surface area contributed by atoms with Crippen molar-refractivity contribution in [2.75, 3.05) is 13.7 Å². The lowest BCUT2D eigenvalue weighted by Gasteiger charge is -2.08. The zero-order valence-corrected chi connectivity index (χ0v) is 12.2. The third-order valence-corrected chi connectivity index (χ3v) is 3.89. The normalized spacial score (nSPS) is 12.4. The molecular weight excluding hydrogens is 260 g/mol. The Bertz CT molecular complexity index is 529. The van der Waals surface area contributed by atoms with E-state index in [1.54, 1.807) is 30.8 Å². The maximum atomic E-state index is 5.30. The van der Waals surface area contributed by atoms with Gasteiger partial charge in [-0.15, -0.1) is 10.2 Å². The highest BCUT2D eigenvalue weighted by atomic mass is 32.1. The van der Waals surface area contributed by atoms with Crippen molar-refractivity contribution in [3.63, 3.8) is 0 Å². The molecule has 1 unspecified atom stereocenters. The topological polar surface area (TPSA) is 59.9 Å². The van der Waals surface area contributed by atoms with Crippen LogP contribution in [0.25, 0.3) is 10.6 Å². The van der Waals surface area contributed by atoms with E-state index in [4.69, 9.17) is 4.74 Å². The summed E-state index contributed by atoms with van der Waals surface area (Å²) in [5.74, 6) is 0.722. The fourth-order valence-electron chi connectivity index (χ4n) is 1.69. The molecule has 5 nitrogen and oxygen atoms in total. The Kier molecular flexibility index (Phi) is 4.81. The number of ether oxygens (including phenoxy) is 1. The van der Waals surface area contributed by atoms with Gasteiger partial charge in [0.1, 0.15) is 10.8 Å². The van der Waals surface area contributed by atoms with Gasteiger partial charge < -0.3 is 10.1 Å². The van der Waals surface area contributed by atoms with Gasteiger partial charge in [-0.1, -0.05) is 18.3 Å². The van der Waals surface area contributed by atoms with Gasteiger partial charge in [-0.2, -0.15) is 0 Å². The summed E-state index contributed by atoms with van der Waals surface area (Å²) in [5, 5.41) is 13.8. The van der Waals surface area contributed by atoms with Crippen LogP contribution in [0.3, 0.4) is 0 Å². The zero-order chi connectivity index (χ0) is 13.7. The number of pyridine rings is 1. The van der Waals surface area contributed by atoms with Crippen molar-refractivity contribution in [3.8, 4) is 16.3 Å². The van der Waals surface area contributed by atoms with Crippen molar-refractivity contribution < 1.29 is 4.74 Å². The molecule has 0 aliphatic carbocycles. The molecule has 0 spiro atoms. The number of hydrogen-bond donors (Lipinski definition) is 1. The molecule has 0 radical (unpaired) electrons. The Morgan fingerprint density at radius 2 is 2.26 bits per heavy atom. The highest BCUT2D eigenvalue weighted by molar-refractivity contribution is 7.14. The molecule has 2 rings (SSSR count). The molecule has 0 saturated heterocycles. The second-order valence-electron chi connectivity index (χ2n) is 4.20.